The monoisotopic (exact) mass is 270 g/mol. The van der Waals surface area contributed by atoms with Crippen LogP contribution in [0.2, 0.25) is 0 Å². The number of hydrogen-bond donors (Lipinski definition) is 2. The summed E-state index contributed by atoms with van der Waals surface area (Å²) in [4.78, 5) is 17.7. The van der Waals surface area contributed by atoms with E-state index in [9.17, 15) is 4.79 Å². The summed E-state index contributed by atoms with van der Waals surface area (Å²) >= 11 is 3.19. The number of ether oxygens (including phenoxy) is 1. The minimum absolute atomic E-state index is 0.0887. The third-order valence-corrected chi connectivity index (χ3v) is 2.75. The van der Waals surface area contributed by atoms with Crippen LogP contribution in [0.25, 0.3) is 11.0 Å². The molecule has 2 aromatic rings. The van der Waals surface area contributed by atoms with Gasteiger partial charge in [0.25, 0.3) is 0 Å². The smallest absolute Gasteiger partial charge is 0.353 e. The van der Waals surface area contributed by atoms with Crippen LogP contribution in [-0.4, -0.2) is 28.2 Å². The zero-order chi connectivity index (χ0) is 11.0. The van der Waals surface area contributed by atoms with Crippen LogP contribution in [0.5, 0.6) is 5.88 Å². The maximum absolute atomic E-state index is 10.8. The summed E-state index contributed by atoms with van der Waals surface area (Å²) in [6, 6.07) is 3.38. The van der Waals surface area contributed by atoms with Crippen molar-refractivity contribution >= 4 is 32.9 Å². The fourth-order valence-electron chi connectivity index (χ4n) is 1.28. The number of carbonyl (C=O) groups is 1. The van der Waals surface area contributed by atoms with E-state index in [-0.39, 0.29) is 5.69 Å². The molecule has 0 saturated carbocycles. The van der Waals surface area contributed by atoms with Gasteiger partial charge in [0.05, 0.1) is 17.1 Å². The number of nitrogens with one attached hydrogen (secondary N) is 1. The molecule has 2 aromatic heterocycles. The maximum atomic E-state index is 10.8. The van der Waals surface area contributed by atoms with E-state index in [0.29, 0.717) is 21.4 Å². The Morgan fingerprint density at radius 3 is 2.93 bits per heavy atom. The topological polar surface area (TPSA) is 75.2 Å². The Balaban J connectivity index is 2.72. The molecule has 0 spiro atoms. The predicted molar refractivity (Wildman–Crippen MR) is 57.3 cm³/mol. The third kappa shape index (κ3) is 1.56. The Hall–Kier alpha value is -1.56. The van der Waals surface area contributed by atoms with Gasteiger partial charge in [-0.2, -0.15) is 0 Å². The lowest BCUT2D eigenvalue weighted by Crippen LogP contribution is -1.96. The van der Waals surface area contributed by atoms with Gasteiger partial charge in [-0.3, -0.25) is 0 Å². The van der Waals surface area contributed by atoms with Gasteiger partial charge in [-0.1, -0.05) is 0 Å². The number of pyridine rings is 1. The minimum atomic E-state index is -1.03. The van der Waals surface area contributed by atoms with Crippen LogP contribution < -0.4 is 4.74 Å². The molecule has 78 valence electrons. The van der Waals surface area contributed by atoms with E-state index in [2.05, 4.69) is 25.9 Å². The quantitative estimate of drug-likeness (QED) is 0.876. The minimum Gasteiger partial charge on any atom is -0.481 e. The van der Waals surface area contributed by atoms with Crippen molar-refractivity contribution < 1.29 is 14.6 Å². The molecule has 0 bridgehead atoms. The number of aromatic nitrogens is 2. The summed E-state index contributed by atoms with van der Waals surface area (Å²) in [5.41, 5.74) is 1.29. The third-order valence-electron chi connectivity index (χ3n) is 1.98. The molecule has 2 rings (SSSR count). The number of H-pyrrole nitrogens is 1. The molecule has 0 aromatic carbocycles. The summed E-state index contributed by atoms with van der Waals surface area (Å²) in [5, 5.41) is 8.87. The Bertz CT molecular complexity index is 535. The highest BCUT2D eigenvalue weighted by Gasteiger charge is 2.16. The standard InChI is InChI=1S/C9H7BrN2O3/c1-15-5-3-2-4-7(12-5)6(10)8(11-4)9(13)14/h2-3,11H,1H3,(H,13,14). The van der Waals surface area contributed by atoms with Gasteiger partial charge in [-0.15, -0.1) is 0 Å². The number of fused-ring (bicyclic) bond motifs is 1. The van der Waals surface area contributed by atoms with E-state index < -0.39 is 5.97 Å². The van der Waals surface area contributed by atoms with E-state index in [0.717, 1.165) is 0 Å². The average Bonchev–Trinajstić information content (AvgIpc) is 2.56. The largest absolute Gasteiger partial charge is 0.481 e. The molecule has 0 aliphatic heterocycles. The van der Waals surface area contributed by atoms with E-state index in [1.165, 1.54) is 7.11 Å². The molecule has 2 N–H and O–H groups in total. The number of aromatic carboxylic acids is 1. The highest BCUT2D eigenvalue weighted by Crippen LogP contribution is 2.27. The molecule has 2 heterocycles. The van der Waals surface area contributed by atoms with Crippen molar-refractivity contribution in [1.29, 1.82) is 0 Å². The predicted octanol–water partition coefficient (Wildman–Crippen LogP) is 2.03. The second-order valence-corrected chi connectivity index (χ2v) is 3.66. The van der Waals surface area contributed by atoms with Gasteiger partial charge < -0.3 is 14.8 Å². The Morgan fingerprint density at radius 1 is 1.60 bits per heavy atom. The molecular weight excluding hydrogens is 264 g/mol. The number of nitrogens with zero attached hydrogens (tertiary/aromatic N) is 1. The lowest BCUT2D eigenvalue weighted by molar-refractivity contribution is 0.0690. The number of hydrogen-bond acceptors (Lipinski definition) is 3. The van der Waals surface area contributed by atoms with Crippen molar-refractivity contribution in [2.24, 2.45) is 0 Å². The number of methoxy groups -OCH3 is 1. The first kappa shape index (κ1) is 9.97. The fourth-order valence-corrected chi connectivity index (χ4v) is 1.85. The molecule has 0 saturated heterocycles. The molecular formula is C9H7BrN2O3. The Kier molecular flexibility index (Phi) is 2.36. The number of aromatic amines is 1. The van der Waals surface area contributed by atoms with Gasteiger partial charge in [0, 0.05) is 6.07 Å². The van der Waals surface area contributed by atoms with Gasteiger partial charge in [0.1, 0.15) is 11.2 Å². The van der Waals surface area contributed by atoms with Gasteiger partial charge in [-0.05, 0) is 22.0 Å². The average molecular weight is 271 g/mol. The van der Waals surface area contributed by atoms with Crippen LogP contribution >= 0.6 is 15.9 Å². The normalized spacial score (nSPS) is 10.5. The first-order valence-corrected chi connectivity index (χ1v) is 4.88. The molecule has 6 heteroatoms. The molecule has 0 radical (unpaired) electrons. The molecule has 0 unspecified atom stereocenters. The van der Waals surface area contributed by atoms with Gasteiger partial charge in [0.15, 0.2) is 0 Å². The molecule has 0 atom stereocenters. The maximum Gasteiger partial charge on any atom is 0.353 e. The van der Waals surface area contributed by atoms with Crippen LogP contribution in [0.1, 0.15) is 10.5 Å². The summed E-state index contributed by atoms with van der Waals surface area (Å²) in [5.74, 6) is -0.585. The Labute approximate surface area is 93.2 Å². The summed E-state index contributed by atoms with van der Waals surface area (Å²) in [7, 11) is 1.51. The zero-order valence-electron chi connectivity index (χ0n) is 7.74. The van der Waals surface area contributed by atoms with E-state index >= 15 is 0 Å². The molecule has 15 heavy (non-hydrogen) atoms. The van der Waals surface area contributed by atoms with Crippen molar-refractivity contribution in [1.82, 2.24) is 9.97 Å². The van der Waals surface area contributed by atoms with Crippen LogP contribution in [0.15, 0.2) is 16.6 Å². The zero-order valence-corrected chi connectivity index (χ0v) is 9.33. The number of halogens is 1. The lowest BCUT2D eigenvalue weighted by atomic mass is 10.3. The van der Waals surface area contributed by atoms with E-state index in [4.69, 9.17) is 9.84 Å². The highest BCUT2D eigenvalue weighted by atomic mass is 79.9. The van der Waals surface area contributed by atoms with Crippen molar-refractivity contribution in [3.8, 4) is 5.88 Å². The van der Waals surface area contributed by atoms with Crippen LogP contribution in [-0.2, 0) is 0 Å². The van der Waals surface area contributed by atoms with E-state index in [1.54, 1.807) is 12.1 Å². The van der Waals surface area contributed by atoms with Crippen molar-refractivity contribution in [3.63, 3.8) is 0 Å². The van der Waals surface area contributed by atoms with Crippen LogP contribution in [0.4, 0.5) is 0 Å². The lowest BCUT2D eigenvalue weighted by Gasteiger charge is -1.97. The highest BCUT2D eigenvalue weighted by molar-refractivity contribution is 9.10. The van der Waals surface area contributed by atoms with Gasteiger partial charge in [0.2, 0.25) is 5.88 Å². The van der Waals surface area contributed by atoms with Crippen molar-refractivity contribution in [3.05, 3.63) is 22.3 Å². The molecule has 5 nitrogen and oxygen atoms in total. The summed E-state index contributed by atoms with van der Waals surface area (Å²) in [6.07, 6.45) is 0. The number of carboxylic acid groups (broad SMARTS) is 1. The Morgan fingerprint density at radius 2 is 2.33 bits per heavy atom. The summed E-state index contributed by atoms with van der Waals surface area (Å²) in [6.45, 7) is 0. The fraction of sp³-hybridized carbons (Fsp3) is 0.111. The molecule has 0 amide bonds. The summed E-state index contributed by atoms with van der Waals surface area (Å²) < 4.78 is 5.39. The van der Waals surface area contributed by atoms with Crippen molar-refractivity contribution in [2.45, 2.75) is 0 Å². The van der Waals surface area contributed by atoms with E-state index in [1.807, 2.05) is 0 Å². The molecule has 0 aliphatic carbocycles. The second-order valence-electron chi connectivity index (χ2n) is 2.87. The van der Waals surface area contributed by atoms with Gasteiger partial charge in [-0.25, -0.2) is 9.78 Å². The second kappa shape index (κ2) is 3.54. The van der Waals surface area contributed by atoms with Gasteiger partial charge >= 0.3 is 5.97 Å². The van der Waals surface area contributed by atoms with Crippen molar-refractivity contribution in [2.75, 3.05) is 7.11 Å². The first-order valence-electron chi connectivity index (χ1n) is 4.09. The molecule has 0 fully saturated rings. The first-order chi connectivity index (χ1) is 7.13. The SMILES string of the molecule is COc1ccc2[nH]c(C(=O)O)c(Br)c2n1. The van der Waals surface area contributed by atoms with Crippen LogP contribution in [0.3, 0.4) is 0 Å². The number of rotatable bonds is 2. The van der Waals surface area contributed by atoms with Crippen LogP contribution in [0, 0.1) is 0 Å². The molecule has 0 aliphatic rings. The number of carboxylic acids is 1.